The van der Waals surface area contributed by atoms with Crippen molar-refractivity contribution in [2.75, 3.05) is 4.90 Å². The zero-order valence-electron chi connectivity index (χ0n) is 24.9. The van der Waals surface area contributed by atoms with Gasteiger partial charge in [0, 0.05) is 48.4 Å². The summed E-state index contributed by atoms with van der Waals surface area (Å²) in [6.07, 6.45) is 0. The largest absolute Gasteiger partial charge is 0.457 e. The molecule has 1 aliphatic heterocycles. The maximum Gasteiger partial charge on any atom is 0.132 e. The van der Waals surface area contributed by atoms with Crippen LogP contribution in [0.2, 0.25) is 0 Å². The third kappa shape index (κ3) is 3.46. The van der Waals surface area contributed by atoms with Crippen LogP contribution >= 0.6 is 11.3 Å². The third-order valence-electron chi connectivity index (χ3n) is 9.71. The van der Waals surface area contributed by atoms with Crippen molar-refractivity contribution in [3.8, 4) is 22.6 Å². The van der Waals surface area contributed by atoms with E-state index in [1.54, 1.807) is 0 Å². The lowest BCUT2D eigenvalue weighted by atomic mass is 9.66. The number of nitrogens with zero attached hydrogens (tertiary/aromatic N) is 1. The SMILES string of the molecule is c1ccc(N(c2ccccc2)c2ccc3sc4cc5c(cc4c3c2)-c2ccccc2C52c3ccccc3Oc3ccccc32)cc1. The summed E-state index contributed by atoms with van der Waals surface area (Å²) in [4.78, 5) is 2.34. The predicted molar refractivity (Wildman–Crippen MR) is 191 cm³/mol. The first kappa shape index (κ1) is 25.7. The molecule has 1 aliphatic carbocycles. The molecule has 0 saturated carbocycles. The van der Waals surface area contributed by atoms with E-state index in [1.807, 2.05) is 11.3 Å². The highest BCUT2D eigenvalue weighted by atomic mass is 32.1. The van der Waals surface area contributed by atoms with Crippen molar-refractivity contribution in [3.05, 3.63) is 186 Å². The predicted octanol–water partition coefficient (Wildman–Crippen LogP) is 12.0. The molecule has 0 N–H and O–H groups in total. The summed E-state index contributed by atoms with van der Waals surface area (Å²) < 4.78 is 9.12. The first-order chi connectivity index (χ1) is 22.8. The third-order valence-corrected chi connectivity index (χ3v) is 10.8. The number of thiophene rings is 1. The second-order valence-electron chi connectivity index (χ2n) is 12.1. The maximum atomic E-state index is 6.54. The highest BCUT2D eigenvalue weighted by Gasteiger charge is 2.51. The Morgan fingerprint density at radius 3 is 1.65 bits per heavy atom. The first-order valence-electron chi connectivity index (χ1n) is 15.7. The lowest BCUT2D eigenvalue weighted by molar-refractivity contribution is 0.436. The topological polar surface area (TPSA) is 12.5 Å². The molecule has 7 aromatic carbocycles. The minimum absolute atomic E-state index is 0.454. The van der Waals surface area contributed by atoms with E-state index in [2.05, 4.69) is 169 Å². The lowest BCUT2D eigenvalue weighted by Gasteiger charge is -2.39. The van der Waals surface area contributed by atoms with E-state index in [4.69, 9.17) is 4.74 Å². The average molecular weight is 606 g/mol. The Morgan fingerprint density at radius 1 is 0.413 bits per heavy atom. The van der Waals surface area contributed by atoms with Crippen LogP contribution in [0.3, 0.4) is 0 Å². The number of para-hydroxylation sites is 4. The van der Waals surface area contributed by atoms with Gasteiger partial charge in [0.05, 0.1) is 5.41 Å². The molecule has 1 aromatic heterocycles. The van der Waals surface area contributed by atoms with E-state index >= 15 is 0 Å². The van der Waals surface area contributed by atoms with Crippen molar-refractivity contribution in [2.45, 2.75) is 5.41 Å². The summed E-state index contributed by atoms with van der Waals surface area (Å²) in [6.45, 7) is 0. The molecule has 216 valence electrons. The van der Waals surface area contributed by atoms with Crippen molar-refractivity contribution >= 4 is 48.6 Å². The zero-order chi connectivity index (χ0) is 30.2. The molecule has 10 rings (SSSR count). The van der Waals surface area contributed by atoms with Gasteiger partial charge in [-0.1, -0.05) is 97.1 Å². The van der Waals surface area contributed by atoms with Crippen LogP contribution in [0.5, 0.6) is 11.5 Å². The Labute approximate surface area is 271 Å². The molecule has 0 atom stereocenters. The summed E-state index contributed by atoms with van der Waals surface area (Å²) in [7, 11) is 0. The van der Waals surface area contributed by atoms with Crippen LogP contribution in [0.1, 0.15) is 22.3 Å². The molecule has 0 saturated heterocycles. The van der Waals surface area contributed by atoms with Gasteiger partial charge in [-0.3, -0.25) is 0 Å². The van der Waals surface area contributed by atoms with E-state index in [1.165, 1.54) is 53.6 Å². The Bertz CT molecular complexity index is 2380. The highest BCUT2D eigenvalue weighted by Crippen LogP contribution is 2.62. The van der Waals surface area contributed by atoms with Crippen molar-refractivity contribution in [1.82, 2.24) is 0 Å². The fraction of sp³-hybridized carbons (Fsp3) is 0.0233. The van der Waals surface area contributed by atoms with Gasteiger partial charge in [0.2, 0.25) is 0 Å². The molecule has 2 aliphatic rings. The van der Waals surface area contributed by atoms with E-state index in [0.29, 0.717) is 0 Å². The van der Waals surface area contributed by atoms with Crippen molar-refractivity contribution in [3.63, 3.8) is 0 Å². The van der Waals surface area contributed by atoms with Crippen LogP contribution in [0, 0.1) is 0 Å². The molecule has 0 fully saturated rings. The standard InChI is InChI=1S/C43H27NOS/c1-3-13-28(14-4-1)44(29-15-5-2-6-16-29)30-23-24-41-33(25-30)34-26-32-31-17-7-8-18-35(31)43(38(32)27-42(34)46-41)36-19-9-11-21-39(36)45-40-22-12-10-20-37(40)43/h1-27H. The molecule has 46 heavy (non-hydrogen) atoms. The van der Waals surface area contributed by atoms with E-state index in [0.717, 1.165) is 28.6 Å². The zero-order valence-corrected chi connectivity index (χ0v) is 25.7. The van der Waals surface area contributed by atoms with Crippen LogP contribution in [0.4, 0.5) is 17.1 Å². The molecule has 2 heterocycles. The number of fused-ring (bicyclic) bond motifs is 12. The van der Waals surface area contributed by atoms with E-state index in [9.17, 15) is 0 Å². The molecule has 0 bridgehead atoms. The summed E-state index contributed by atoms with van der Waals surface area (Å²) in [6, 6.07) is 59.2. The van der Waals surface area contributed by atoms with Gasteiger partial charge in [0.1, 0.15) is 11.5 Å². The normalized spacial score (nSPS) is 13.6. The summed E-state index contributed by atoms with van der Waals surface area (Å²) >= 11 is 1.88. The smallest absolute Gasteiger partial charge is 0.132 e. The number of benzene rings is 7. The van der Waals surface area contributed by atoms with Crippen LogP contribution < -0.4 is 9.64 Å². The molecule has 1 spiro atoms. The second-order valence-corrected chi connectivity index (χ2v) is 13.2. The number of hydrogen-bond donors (Lipinski definition) is 0. The molecule has 2 nitrogen and oxygen atoms in total. The Morgan fingerprint density at radius 2 is 0.978 bits per heavy atom. The van der Waals surface area contributed by atoms with Gasteiger partial charge in [-0.15, -0.1) is 11.3 Å². The van der Waals surface area contributed by atoms with Gasteiger partial charge in [-0.2, -0.15) is 0 Å². The first-order valence-corrected chi connectivity index (χ1v) is 16.5. The van der Waals surface area contributed by atoms with Crippen LogP contribution in [0.25, 0.3) is 31.3 Å². The van der Waals surface area contributed by atoms with Crippen molar-refractivity contribution in [1.29, 1.82) is 0 Å². The molecule has 0 radical (unpaired) electrons. The maximum absolute atomic E-state index is 6.54. The molecule has 0 amide bonds. The summed E-state index contributed by atoms with van der Waals surface area (Å²) in [5, 5.41) is 2.57. The second kappa shape index (κ2) is 9.68. The fourth-order valence-electron chi connectivity index (χ4n) is 7.85. The molecular formula is C43H27NOS. The minimum Gasteiger partial charge on any atom is -0.457 e. The van der Waals surface area contributed by atoms with Gasteiger partial charge in [-0.25, -0.2) is 0 Å². The number of hydrogen-bond acceptors (Lipinski definition) is 3. The van der Waals surface area contributed by atoms with E-state index < -0.39 is 5.41 Å². The fourth-order valence-corrected chi connectivity index (χ4v) is 8.96. The molecular weight excluding hydrogens is 579 g/mol. The Balaban J connectivity index is 1.25. The molecule has 8 aromatic rings. The molecule has 3 heteroatoms. The van der Waals surface area contributed by atoms with Gasteiger partial charge in [0.25, 0.3) is 0 Å². The van der Waals surface area contributed by atoms with Crippen LogP contribution in [-0.2, 0) is 5.41 Å². The number of anilines is 3. The lowest BCUT2D eigenvalue weighted by Crippen LogP contribution is -2.32. The summed E-state index contributed by atoms with van der Waals surface area (Å²) in [5.41, 5.74) is 10.6. The monoisotopic (exact) mass is 605 g/mol. The van der Waals surface area contributed by atoms with E-state index in [-0.39, 0.29) is 0 Å². The number of ether oxygens (including phenoxy) is 1. The number of rotatable bonds is 3. The highest BCUT2D eigenvalue weighted by molar-refractivity contribution is 7.25. The molecule has 0 unspecified atom stereocenters. The van der Waals surface area contributed by atoms with Gasteiger partial charge in [0.15, 0.2) is 0 Å². The van der Waals surface area contributed by atoms with Crippen LogP contribution in [0.15, 0.2) is 164 Å². The average Bonchev–Trinajstić information content (AvgIpc) is 3.61. The van der Waals surface area contributed by atoms with Gasteiger partial charge >= 0.3 is 0 Å². The Kier molecular flexibility index (Phi) is 5.40. The van der Waals surface area contributed by atoms with Gasteiger partial charge in [-0.05, 0) is 89.0 Å². The van der Waals surface area contributed by atoms with Crippen molar-refractivity contribution in [2.24, 2.45) is 0 Å². The quantitative estimate of drug-likeness (QED) is 0.199. The Hall–Kier alpha value is -5.64. The van der Waals surface area contributed by atoms with Crippen LogP contribution in [-0.4, -0.2) is 0 Å². The summed E-state index contributed by atoms with van der Waals surface area (Å²) in [5.74, 6) is 1.85. The van der Waals surface area contributed by atoms with Gasteiger partial charge < -0.3 is 9.64 Å². The minimum atomic E-state index is -0.454. The van der Waals surface area contributed by atoms with Crippen molar-refractivity contribution < 1.29 is 4.74 Å².